The number of ether oxygens (including phenoxy) is 1. The molecule has 114 valence electrons. The largest absolute Gasteiger partial charge is 0.467 e. The molecule has 0 aliphatic carbocycles. The van der Waals surface area contributed by atoms with Crippen molar-refractivity contribution in [2.45, 2.75) is 6.10 Å². The highest BCUT2D eigenvalue weighted by molar-refractivity contribution is 5.96. The third kappa shape index (κ3) is 5.57. The minimum Gasteiger partial charge on any atom is -0.467 e. The highest BCUT2D eigenvalue weighted by Crippen LogP contribution is 2.02. The van der Waals surface area contributed by atoms with Crippen molar-refractivity contribution in [3.63, 3.8) is 0 Å². The number of carbonyl (C=O) groups excluding carboxylic acids is 3. The van der Waals surface area contributed by atoms with Crippen molar-refractivity contribution in [3.05, 3.63) is 35.6 Å². The van der Waals surface area contributed by atoms with Crippen LogP contribution in [0.3, 0.4) is 0 Å². The van der Waals surface area contributed by atoms with Gasteiger partial charge in [0.25, 0.3) is 5.91 Å². The third-order valence-corrected chi connectivity index (χ3v) is 2.46. The highest BCUT2D eigenvalue weighted by atomic mass is 19.1. The Balaban J connectivity index is 2.36. The van der Waals surface area contributed by atoms with E-state index >= 15 is 0 Å². The Morgan fingerprint density at radius 3 is 2.67 bits per heavy atom. The number of hydrogen-bond acceptors (Lipinski definition) is 5. The van der Waals surface area contributed by atoms with E-state index in [1.807, 2.05) is 0 Å². The van der Waals surface area contributed by atoms with Crippen LogP contribution in [0.2, 0.25) is 0 Å². The van der Waals surface area contributed by atoms with Crippen molar-refractivity contribution in [1.82, 2.24) is 10.6 Å². The fourth-order valence-electron chi connectivity index (χ4n) is 1.38. The molecular formula is C13H15FN2O5. The lowest BCUT2D eigenvalue weighted by atomic mass is 10.2. The maximum absolute atomic E-state index is 12.9. The zero-order valence-electron chi connectivity index (χ0n) is 11.3. The first-order valence-electron chi connectivity index (χ1n) is 6.00. The number of hydrogen-bond donors (Lipinski definition) is 3. The molecule has 0 aliphatic rings. The van der Waals surface area contributed by atoms with Crippen LogP contribution in [0, 0.1) is 5.82 Å². The zero-order valence-corrected chi connectivity index (χ0v) is 11.3. The SMILES string of the molecule is COC(=O)C(O)CNC(=O)CNC(=O)c1cccc(F)c1. The molecule has 21 heavy (non-hydrogen) atoms. The molecule has 2 amide bonds. The van der Waals surface area contributed by atoms with Gasteiger partial charge in [0.05, 0.1) is 20.2 Å². The van der Waals surface area contributed by atoms with Crippen LogP contribution >= 0.6 is 0 Å². The second kappa shape index (κ2) is 7.95. The average Bonchev–Trinajstić information content (AvgIpc) is 2.49. The Hall–Kier alpha value is -2.48. The summed E-state index contributed by atoms with van der Waals surface area (Å²) in [5.74, 6) is -2.66. The second-order valence-corrected chi connectivity index (χ2v) is 4.04. The number of methoxy groups -OCH3 is 1. The smallest absolute Gasteiger partial charge is 0.336 e. The van der Waals surface area contributed by atoms with E-state index in [-0.39, 0.29) is 18.7 Å². The first-order valence-corrected chi connectivity index (χ1v) is 6.00. The summed E-state index contributed by atoms with van der Waals surface area (Å²) in [6.45, 7) is -0.704. The van der Waals surface area contributed by atoms with Gasteiger partial charge in [-0.3, -0.25) is 9.59 Å². The Morgan fingerprint density at radius 2 is 2.05 bits per heavy atom. The van der Waals surface area contributed by atoms with Crippen molar-refractivity contribution in [3.8, 4) is 0 Å². The third-order valence-electron chi connectivity index (χ3n) is 2.46. The first-order chi connectivity index (χ1) is 9.93. The van der Waals surface area contributed by atoms with Crippen LogP contribution in [0.1, 0.15) is 10.4 Å². The molecule has 1 aromatic carbocycles. The number of carbonyl (C=O) groups is 3. The van der Waals surface area contributed by atoms with E-state index in [9.17, 15) is 23.9 Å². The Labute approximate surface area is 120 Å². The van der Waals surface area contributed by atoms with Gasteiger partial charge in [0.1, 0.15) is 5.82 Å². The van der Waals surface area contributed by atoms with E-state index in [0.29, 0.717) is 0 Å². The lowest BCUT2D eigenvalue weighted by Gasteiger charge is -2.10. The van der Waals surface area contributed by atoms with Gasteiger partial charge in [-0.1, -0.05) is 6.07 Å². The van der Waals surface area contributed by atoms with E-state index in [0.717, 1.165) is 13.2 Å². The zero-order chi connectivity index (χ0) is 15.8. The van der Waals surface area contributed by atoms with Crippen molar-refractivity contribution in [1.29, 1.82) is 0 Å². The fraction of sp³-hybridized carbons (Fsp3) is 0.308. The molecule has 0 aromatic heterocycles. The van der Waals surface area contributed by atoms with Crippen molar-refractivity contribution in [2.24, 2.45) is 0 Å². The summed E-state index contributed by atoms with van der Waals surface area (Å²) in [6.07, 6.45) is -1.47. The molecular weight excluding hydrogens is 283 g/mol. The molecule has 1 rings (SSSR count). The lowest BCUT2D eigenvalue weighted by Crippen LogP contribution is -2.42. The maximum atomic E-state index is 12.9. The quantitative estimate of drug-likeness (QED) is 0.597. The van der Waals surface area contributed by atoms with Crippen molar-refractivity contribution in [2.75, 3.05) is 20.2 Å². The molecule has 0 saturated heterocycles. The van der Waals surface area contributed by atoms with E-state index in [1.165, 1.54) is 18.2 Å². The van der Waals surface area contributed by atoms with Gasteiger partial charge < -0.3 is 20.5 Å². The van der Waals surface area contributed by atoms with Gasteiger partial charge in [0.2, 0.25) is 5.91 Å². The van der Waals surface area contributed by atoms with Gasteiger partial charge in [0, 0.05) is 5.56 Å². The summed E-state index contributed by atoms with van der Waals surface area (Å²) in [6, 6.07) is 5.00. The summed E-state index contributed by atoms with van der Waals surface area (Å²) in [7, 11) is 1.10. The standard InChI is InChI=1S/C13H15FN2O5/c1-21-13(20)10(17)6-15-11(18)7-16-12(19)8-3-2-4-9(14)5-8/h2-5,10,17H,6-7H2,1H3,(H,15,18)(H,16,19). The number of rotatable bonds is 6. The molecule has 7 nitrogen and oxygen atoms in total. The van der Waals surface area contributed by atoms with Gasteiger partial charge in [0.15, 0.2) is 6.10 Å². The van der Waals surface area contributed by atoms with Gasteiger partial charge in [-0.2, -0.15) is 0 Å². The number of aliphatic hydroxyl groups is 1. The van der Waals surface area contributed by atoms with Crippen LogP contribution in [0.5, 0.6) is 0 Å². The van der Waals surface area contributed by atoms with Crippen LogP contribution in [-0.4, -0.2) is 49.2 Å². The monoisotopic (exact) mass is 298 g/mol. The van der Waals surface area contributed by atoms with Crippen LogP contribution in [0.25, 0.3) is 0 Å². The molecule has 0 saturated carbocycles. The molecule has 1 unspecified atom stereocenters. The Morgan fingerprint density at radius 1 is 1.33 bits per heavy atom. The number of halogens is 1. The number of aliphatic hydroxyl groups excluding tert-OH is 1. The van der Waals surface area contributed by atoms with E-state index in [2.05, 4.69) is 15.4 Å². The van der Waals surface area contributed by atoms with Crippen LogP contribution in [-0.2, 0) is 14.3 Å². The molecule has 0 aliphatic heterocycles. The van der Waals surface area contributed by atoms with E-state index in [1.54, 1.807) is 0 Å². The Bertz CT molecular complexity index is 535. The maximum Gasteiger partial charge on any atom is 0.336 e. The van der Waals surface area contributed by atoms with Crippen molar-refractivity contribution >= 4 is 17.8 Å². The molecule has 0 spiro atoms. The summed E-state index contributed by atoms with van der Waals surface area (Å²) >= 11 is 0. The van der Waals surface area contributed by atoms with Gasteiger partial charge in [-0.05, 0) is 18.2 Å². The molecule has 0 radical (unpaired) electrons. The molecule has 3 N–H and O–H groups in total. The Kier molecular flexibility index (Phi) is 6.28. The predicted molar refractivity (Wildman–Crippen MR) is 69.8 cm³/mol. The first kappa shape index (κ1) is 16.6. The number of amides is 2. The van der Waals surface area contributed by atoms with Crippen molar-refractivity contribution < 1.29 is 28.6 Å². The summed E-state index contributed by atoms with van der Waals surface area (Å²) in [5.41, 5.74) is 0.0809. The normalized spacial score (nSPS) is 11.4. The number of esters is 1. The van der Waals surface area contributed by atoms with E-state index in [4.69, 9.17) is 0 Å². The molecule has 0 fully saturated rings. The number of benzene rings is 1. The topological polar surface area (TPSA) is 105 Å². The summed E-state index contributed by atoms with van der Waals surface area (Å²) in [4.78, 5) is 33.9. The summed E-state index contributed by atoms with van der Waals surface area (Å²) in [5, 5.41) is 13.7. The van der Waals surface area contributed by atoms with Crippen LogP contribution < -0.4 is 10.6 Å². The molecule has 1 atom stereocenters. The minimum absolute atomic E-state index is 0.0809. The predicted octanol–water partition coefficient (Wildman–Crippen LogP) is -0.794. The second-order valence-electron chi connectivity index (χ2n) is 4.04. The van der Waals surface area contributed by atoms with Gasteiger partial charge in [-0.25, -0.2) is 9.18 Å². The van der Waals surface area contributed by atoms with Gasteiger partial charge in [-0.15, -0.1) is 0 Å². The fourth-order valence-corrected chi connectivity index (χ4v) is 1.38. The molecule has 1 aromatic rings. The van der Waals surface area contributed by atoms with Crippen LogP contribution in [0.4, 0.5) is 4.39 Å². The molecule has 0 bridgehead atoms. The minimum atomic E-state index is -1.47. The molecule has 0 heterocycles. The van der Waals surface area contributed by atoms with Crippen LogP contribution in [0.15, 0.2) is 24.3 Å². The highest BCUT2D eigenvalue weighted by Gasteiger charge is 2.16. The molecule has 8 heteroatoms. The van der Waals surface area contributed by atoms with Gasteiger partial charge >= 0.3 is 5.97 Å². The summed E-state index contributed by atoms with van der Waals surface area (Å²) < 4.78 is 17.2. The van der Waals surface area contributed by atoms with E-state index < -0.39 is 29.7 Å². The lowest BCUT2D eigenvalue weighted by molar-refractivity contribution is -0.150. The number of nitrogens with one attached hydrogen (secondary N) is 2. The average molecular weight is 298 g/mol.